The molecule has 1 N–H and O–H groups in total. The molecular weight excluding hydrogens is 240 g/mol. The Labute approximate surface area is 112 Å². The summed E-state index contributed by atoms with van der Waals surface area (Å²) in [5, 5.41) is 5.88. The van der Waals surface area contributed by atoms with Crippen LogP contribution in [0.4, 0.5) is 0 Å². The molecule has 0 aliphatic heterocycles. The molecule has 1 saturated carbocycles. The van der Waals surface area contributed by atoms with Crippen LogP contribution >= 0.6 is 11.3 Å². The van der Waals surface area contributed by atoms with E-state index in [4.69, 9.17) is 0 Å². The summed E-state index contributed by atoms with van der Waals surface area (Å²) < 4.78 is 1.29. The molecule has 3 rings (SSSR count). The van der Waals surface area contributed by atoms with E-state index in [9.17, 15) is 0 Å². The summed E-state index contributed by atoms with van der Waals surface area (Å²) in [6, 6.07) is 5.44. The number of nitrogens with zero attached hydrogens (tertiary/aromatic N) is 1. The van der Waals surface area contributed by atoms with E-state index in [1.54, 1.807) is 11.3 Å². The van der Waals surface area contributed by atoms with E-state index in [1.165, 1.54) is 29.5 Å². The monoisotopic (exact) mass is 260 g/mol. The Bertz CT molecular complexity index is 534. The third kappa shape index (κ3) is 2.29. The van der Waals surface area contributed by atoms with Crippen molar-refractivity contribution in [3.05, 3.63) is 29.3 Å². The fraction of sp³-hybridized carbons (Fsp3) is 0.533. The maximum atomic E-state index is 4.53. The first-order chi connectivity index (χ1) is 8.74. The lowest BCUT2D eigenvalue weighted by Crippen LogP contribution is -2.33. The van der Waals surface area contributed by atoms with Crippen molar-refractivity contribution >= 4 is 21.6 Å². The molecule has 1 aliphatic carbocycles. The standard InChI is InChI=1S/C15H20N2S/c1-10-4-3-5-13(10)17-11(2)12-8-15-14(16-9-12)6-7-18-15/h6-11,13,17H,3-5H2,1-2H3. The summed E-state index contributed by atoms with van der Waals surface area (Å²) >= 11 is 1.77. The summed E-state index contributed by atoms with van der Waals surface area (Å²) in [5.41, 5.74) is 2.43. The van der Waals surface area contributed by atoms with Crippen molar-refractivity contribution < 1.29 is 0 Å². The summed E-state index contributed by atoms with van der Waals surface area (Å²) in [5.74, 6) is 0.811. The molecular formula is C15H20N2S. The first-order valence-electron chi connectivity index (χ1n) is 6.83. The van der Waals surface area contributed by atoms with E-state index in [1.807, 2.05) is 6.20 Å². The molecule has 0 spiro atoms. The lowest BCUT2D eigenvalue weighted by atomic mass is 10.0. The SMILES string of the molecule is CC(NC1CCCC1C)c1cnc2ccsc2c1. The van der Waals surface area contributed by atoms with Gasteiger partial charge >= 0.3 is 0 Å². The van der Waals surface area contributed by atoms with Crippen LogP contribution in [0.15, 0.2) is 23.7 Å². The highest BCUT2D eigenvalue weighted by Crippen LogP contribution is 2.28. The number of aromatic nitrogens is 1. The molecule has 2 heterocycles. The topological polar surface area (TPSA) is 24.9 Å². The molecule has 3 unspecified atom stereocenters. The molecule has 0 amide bonds. The lowest BCUT2D eigenvalue weighted by Gasteiger charge is -2.23. The zero-order valence-electron chi connectivity index (χ0n) is 11.0. The van der Waals surface area contributed by atoms with Gasteiger partial charge in [-0.15, -0.1) is 11.3 Å². The predicted molar refractivity (Wildman–Crippen MR) is 78.0 cm³/mol. The minimum absolute atomic E-state index is 0.398. The van der Waals surface area contributed by atoms with Crippen molar-refractivity contribution in [3.63, 3.8) is 0 Å². The van der Waals surface area contributed by atoms with Crippen LogP contribution in [0.2, 0.25) is 0 Å². The van der Waals surface area contributed by atoms with Crippen LogP contribution in [0.3, 0.4) is 0 Å². The van der Waals surface area contributed by atoms with Gasteiger partial charge in [-0.05, 0) is 48.8 Å². The quantitative estimate of drug-likeness (QED) is 0.897. The molecule has 2 aromatic heterocycles. The maximum Gasteiger partial charge on any atom is 0.0809 e. The molecule has 96 valence electrons. The van der Waals surface area contributed by atoms with Crippen LogP contribution in [-0.4, -0.2) is 11.0 Å². The number of rotatable bonds is 3. The molecule has 0 aromatic carbocycles. The van der Waals surface area contributed by atoms with Crippen molar-refractivity contribution in [1.29, 1.82) is 0 Å². The fourth-order valence-corrected chi connectivity index (χ4v) is 3.70. The van der Waals surface area contributed by atoms with Gasteiger partial charge in [0.1, 0.15) is 0 Å². The molecule has 3 heteroatoms. The second kappa shape index (κ2) is 4.98. The van der Waals surface area contributed by atoms with E-state index in [2.05, 4.69) is 41.7 Å². The second-order valence-corrected chi connectivity index (χ2v) is 6.42. The van der Waals surface area contributed by atoms with Gasteiger partial charge in [-0.1, -0.05) is 13.3 Å². The average Bonchev–Trinajstić information content (AvgIpc) is 2.98. The normalized spacial score (nSPS) is 25.7. The minimum atomic E-state index is 0.398. The first-order valence-corrected chi connectivity index (χ1v) is 7.71. The van der Waals surface area contributed by atoms with Gasteiger partial charge in [0, 0.05) is 18.3 Å². The third-order valence-corrected chi connectivity index (χ3v) is 5.00. The van der Waals surface area contributed by atoms with E-state index < -0.39 is 0 Å². The Balaban J connectivity index is 1.76. The largest absolute Gasteiger partial charge is 0.307 e. The van der Waals surface area contributed by atoms with Crippen LogP contribution < -0.4 is 5.32 Å². The number of fused-ring (bicyclic) bond motifs is 1. The number of thiophene rings is 1. The lowest BCUT2D eigenvalue weighted by molar-refractivity contribution is 0.388. The molecule has 1 aliphatic rings. The van der Waals surface area contributed by atoms with Crippen molar-refractivity contribution in [2.45, 2.75) is 45.2 Å². The summed E-state index contributed by atoms with van der Waals surface area (Å²) in [7, 11) is 0. The molecule has 3 atom stereocenters. The van der Waals surface area contributed by atoms with Crippen LogP contribution in [0.5, 0.6) is 0 Å². The predicted octanol–water partition coefficient (Wildman–Crippen LogP) is 4.14. The van der Waals surface area contributed by atoms with Gasteiger partial charge in [-0.3, -0.25) is 4.98 Å². The van der Waals surface area contributed by atoms with Gasteiger partial charge < -0.3 is 5.32 Å². The van der Waals surface area contributed by atoms with Gasteiger partial charge in [0.25, 0.3) is 0 Å². The van der Waals surface area contributed by atoms with E-state index >= 15 is 0 Å². The van der Waals surface area contributed by atoms with Gasteiger partial charge in [0.05, 0.1) is 10.2 Å². The van der Waals surface area contributed by atoms with Gasteiger partial charge in [0.15, 0.2) is 0 Å². The zero-order chi connectivity index (χ0) is 12.5. The van der Waals surface area contributed by atoms with Gasteiger partial charge in [0.2, 0.25) is 0 Å². The van der Waals surface area contributed by atoms with Crippen LogP contribution in [0.1, 0.15) is 44.7 Å². The van der Waals surface area contributed by atoms with Gasteiger partial charge in [-0.25, -0.2) is 0 Å². The summed E-state index contributed by atoms with van der Waals surface area (Å²) in [4.78, 5) is 4.53. The van der Waals surface area contributed by atoms with Crippen LogP contribution in [-0.2, 0) is 0 Å². The Morgan fingerprint density at radius 3 is 3.11 bits per heavy atom. The molecule has 2 nitrogen and oxygen atoms in total. The smallest absolute Gasteiger partial charge is 0.0809 e. The van der Waals surface area contributed by atoms with Crippen LogP contribution in [0.25, 0.3) is 10.2 Å². The minimum Gasteiger partial charge on any atom is -0.307 e. The van der Waals surface area contributed by atoms with Gasteiger partial charge in [-0.2, -0.15) is 0 Å². The van der Waals surface area contributed by atoms with Crippen molar-refractivity contribution in [2.75, 3.05) is 0 Å². The number of hydrogen-bond acceptors (Lipinski definition) is 3. The van der Waals surface area contributed by atoms with E-state index in [0.29, 0.717) is 12.1 Å². The Kier molecular flexibility index (Phi) is 3.35. The first kappa shape index (κ1) is 12.1. The molecule has 0 saturated heterocycles. The van der Waals surface area contributed by atoms with Crippen molar-refractivity contribution in [2.24, 2.45) is 5.92 Å². The van der Waals surface area contributed by atoms with E-state index in [-0.39, 0.29) is 0 Å². The van der Waals surface area contributed by atoms with Crippen molar-refractivity contribution in [3.8, 4) is 0 Å². The summed E-state index contributed by atoms with van der Waals surface area (Å²) in [6.07, 6.45) is 6.08. The highest BCUT2D eigenvalue weighted by Gasteiger charge is 2.24. The molecule has 0 radical (unpaired) electrons. The molecule has 0 bridgehead atoms. The van der Waals surface area contributed by atoms with Crippen molar-refractivity contribution in [1.82, 2.24) is 10.3 Å². The second-order valence-electron chi connectivity index (χ2n) is 5.48. The maximum absolute atomic E-state index is 4.53. The molecule has 1 fully saturated rings. The van der Waals surface area contributed by atoms with E-state index in [0.717, 1.165) is 11.4 Å². The zero-order valence-corrected chi connectivity index (χ0v) is 11.8. The Morgan fingerprint density at radius 2 is 2.33 bits per heavy atom. The number of nitrogens with one attached hydrogen (secondary N) is 1. The highest BCUT2D eigenvalue weighted by molar-refractivity contribution is 7.17. The number of pyridine rings is 1. The Morgan fingerprint density at radius 1 is 1.44 bits per heavy atom. The number of hydrogen-bond donors (Lipinski definition) is 1. The molecule has 18 heavy (non-hydrogen) atoms. The fourth-order valence-electron chi connectivity index (χ4n) is 2.91. The summed E-state index contributed by atoms with van der Waals surface area (Å²) in [6.45, 7) is 4.61. The average molecular weight is 260 g/mol. The highest BCUT2D eigenvalue weighted by atomic mass is 32.1. The van der Waals surface area contributed by atoms with Crippen LogP contribution in [0, 0.1) is 5.92 Å². The molecule has 2 aromatic rings. The third-order valence-electron chi connectivity index (χ3n) is 4.15. The Hall–Kier alpha value is -0.930.